The number of rotatable bonds is 5. The van der Waals surface area contributed by atoms with Crippen LogP contribution >= 0.6 is 0 Å². The summed E-state index contributed by atoms with van der Waals surface area (Å²) in [5.74, 6) is -0.297. The van der Waals surface area contributed by atoms with Gasteiger partial charge in [-0.05, 0) is 12.8 Å². The minimum atomic E-state index is -0.297. The molecule has 0 amide bonds. The Morgan fingerprint density at radius 2 is 2.00 bits per heavy atom. The molecule has 0 aromatic rings. The fourth-order valence-corrected chi connectivity index (χ4v) is 2.70. The van der Waals surface area contributed by atoms with Crippen LogP contribution in [0.3, 0.4) is 0 Å². The zero-order chi connectivity index (χ0) is 12.1. The third-order valence-electron chi connectivity index (χ3n) is 3.62. The number of nitrogens with one attached hydrogen (secondary N) is 1. The second-order valence-electron chi connectivity index (χ2n) is 4.88. The van der Waals surface area contributed by atoms with Crippen molar-refractivity contribution in [1.29, 1.82) is 0 Å². The number of aliphatic hydroxyl groups excluding tert-OH is 1. The lowest BCUT2D eigenvalue weighted by Crippen LogP contribution is -2.48. The van der Waals surface area contributed by atoms with Crippen molar-refractivity contribution >= 4 is 0 Å². The lowest BCUT2D eigenvalue weighted by molar-refractivity contribution is -0.180. The minimum absolute atomic E-state index is 0.0319. The van der Waals surface area contributed by atoms with Crippen molar-refractivity contribution < 1.29 is 19.3 Å². The average Bonchev–Trinajstić information content (AvgIpc) is 2.80. The SMILES string of the molecule is COCC(CO)NC1CCC2(CC1)OCCO2. The Balaban J connectivity index is 1.74. The first kappa shape index (κ1) is 13.2. The van der Waals surface area contributed by atoms with Gasteiger partial charge >= 0.3 is 0 Å². The molecule has 5 heteroatoms. The molecule has 1 heterocycles. The van der Waals surface area contributed by atoms with Gasteiger partial charge < -0.3 is 24.6 Å². The van der Waals surface area contributed by atoms with Gasteiger partial charge in [0.1, 0.15) is 0 Å². The lowest BCUT2D eigenvalue weighted by atomic mass is 9.89. The lowest BCUT2D eigenvalue weighted by Gasteiger charge is -2.36. The van der Waals surface area contributed by atoms with Gasteiger partial charge in [0, 0.05) is 26.0 Å². The number of hydrogen-bond donors (Lipinski definition) is 2. The normalized spacial score (nSPS) is 26.5. The van der Waals surface area contributed by atoms with Crippen LogP contribution in [-0.4, -0.2) is 56.5 Å². The summed E-state index contributed by atoms with van der Waals surface area (Å²) >= 11 is 0. The molecule has 1 aliphatic carbocycles. The molecule has 2 N–H and O–H groups in total. The monoisotopic (exact) mass is 245 g/mol. The molecular formula is C12H23NO4. The second-order valence-corrected chi connectivity index (χ2v) is 4.88. The molecule has 1 aliphatic heterocycles. The van der Waals surface area contributed by atoms with Gasteiger partial charge in [-0.3, -0.25) is 0 Å². The van der Waals surface area contributed by atoms with Gasteiger partial charge in [0.2, 0.25) is 0 Å². The first-order valence-electron chi connectivity index (χ1n) is 6.42. The highest BCUT2D eigenvalue weighted by Gasteiger charge is 2.40. The molecule has 2 aliphatic rings. The van der Waals surface area contributed by atoms with Gasteiger partial charge in [-0.15, -0.1) is 0 Å². The molecule has 1 atom stereocenters. The summed E-state index contributed by atoms with van der Waals surface area (Å²) in [5.41, 5.74) is 0. The third kappa shape index (κ3) is 3.39. The minimum Gasteiger partial charge on any atom is -0.395 e. The molecule has 1 saturated carbocycles. The highest BCUT2D eigenvalue weighted by Crippen LogP contribution is 2.35. The predicted molar refractivity (Wildman–Crippen MR) is 62.8 cm³/mol. The number of methoxy groups -OCH3 is 1. The Hall–Kier alpha value is -0.200. The van der Waals surface area contributed by atoms with Gasteiger partial charge in [0.15, 0.2) is 5.79 Å². The average molecular weight is 245 g/mol. The Morgan fingerprint density at radius 1 is 1.35 bits per heavy atom. The van der Waals surface area contributed by atoms with Crippen LogP contribution < -0.4 is 5.32 Å². The molecule has 5 nitrogen and oxygen atoms in total. The molecule has 0 bridgehead atoms. The molecule has 0 radical (unpaired) electrons. The van der Waals surface area contributed by atoms with E-state index in [2.05, 4.69) is 5.32 Å². The van der Waals surface area contributed by atoms with Crippen LogP contribution in [0.4, 0.5) is 0 Å². The summed E-state index contributed by atoms with van der Waals surface area (Å²) in [7, 11) is 1.65. The van der Waals surface area contributed by atoms with Crippen LogP contribution in [0.25, 0.3) is 0 Å². The molecule has 1 unspecified atom stereocenters. The summed E-state index contributed by atoms with van der Waals surface area (Å²) in [6.45, 7) is 2.11. The van der Waals surface area contributed by atoms with Crippen LogP contribution in [0.5, 0.6) is 0 Å². The fourth-order valence-electron chi connectivity index (χ4n) is 2.70. The van der Waals surface area contributed by atoms with Crippen molar-refractivity contribution in [2.24, 2.45) is 0 Å². The third-order valence-corrected chi connectivity index (χ3v) is 3.62. The maximum Gasteiger partial charge on any atom is 0.168 e. The van der Waals surface area contributed by atoms with Crippen molar-refractivity contribution in [3.05, 3.63) is 0 Å². The summed E-state index contributed by atoms with van der Waals surface area (Å²) < 4.78 is 16.4. The highest BCUT2D eigenvalue weighted by molar-refractivity contribution is 4.86. The molecule has 17 heavy (non-hydrogen) atoms. The van der Waals surface area contributed by atoms with E-state index in [9.17, 15) is 5.11 Å². The standard InChI is InChI=1S/C12H23NO4/c1-15-9-11(8-14)13-10-2-4-12(5-3-10)16-6-7-17-12/h10-11,13-14H,2-9H2,1H3. The summed E-state index contributed by atoms with van der Waals surface area (Å²) in [4.78, 5) is 0. The molecule has 1 spiro atoms. The van der Waals surface area contributed by atoms with E-state index >= 15 is 0 Å². The van der Waals surface area contributed by atoms with Gasteiger partial charge in [-0.1, -0.05) is 0 Å². The van der Waals surface area contributed by atoms with E-state index in [-0.39, 0.29) is 18.4 Å². The highest BCUT2D eigenvalue weighted by atomic mass is 16.7. The van der Waals surface area contributed by atoms with Crippen LogP contribution in [0.1, 0.15) is 25.7 Å². The molecule has 0 aromatic carbocycles. The topological polar surface area (TPSA) is 60.0 Å². The van der Waals surface area contributed by atoms with E-state index in [1.807, 2.05) is 0 Å². The van der Waals surface area contributed by atoms with E-state index in [0.717, 1.165) is 38.9 Å². The van der Waals surface area contributed by atoms with Gasteiger partial charge in [0.25, 0.3) is 0 Å². The second kappa shape index (κ2) is 6.11. The van der Waals surface area contributed by atoms with E-state index in [1.54, 1.807) is 7.11 Å². The first-order valence-corrected chi connectivity index (χ1v) is 6.42. The maximum atomic E-state index is 9.20. The van der Waals surface area contributed by atoms with Gasteiger partial charge in [0.05, 0.1) is 32.5 Å². The smallest absolute Gasteiger partial charge is 0.168 e. The van der Waals surface area contributed by atoms with E-state index in [0.29, 0.717) is 12.6 Å². The number of aliphatic hydroxyl groups is 1. The predicted octanol–water partition coefficient (Wildman–Crippen LogP) is 0.269. The number of hydrogen-bond acceptors (Lipinski definition) is 5. The summed E-state index contributed by atoms with van der Waals surface area (Å²) in [6, 6.07) is 0.463. The van der Waals surface area contributed by atoms with Crippen molar-refractivity contribution in [3.8, 4) is 0 Å². The van der Waals surface area contributed by atoms with Crippen molar-refractivity contribution in [1.82, 2.24) is 5.32 Å². The van der Waals surface area contributed by atoms with Gasteiger partial charge in [-0.25, -0.2) is 0 Å². The van der Waals surface area contributed by atoms with Crippen LogP contribution in [-0.2, 0) is 14.2 Å². The molecule has 1 saturated heterocycles. The van der Waals surface area contributed by atoms with Crippen LogP contribution in [0.2, 0.25) is 0 Å². The van der Waals surface area contributed by atoms with Crippen LogP contribution in [0, 0.1) is 0 Å². The van der Waals surface area contributed by atoms with E-state index in [1.165, 1.54) is 0 Å². The first-order chi connectivity index (χ1) is 8.28. The Kier molecular flexibility index (Phi) is 4.76. The zero-order valence-corrected chi connectivity index (χ0v) is 10.5. The van der Waals surface area contributed by atoms with Crippen molar-refractivity contribution in [2.75, 3.05) is 33.5 Å². The van der Waals surface area contributed by atoms with E-state index < -0.39 is 0 Å². The molecule has 100 valence electrons. The Morgan fingerprint density at radius 3 is 2.53 bits per heavy atom. The molecule has 0 aromatic heterocycles. The Labute approximate surface area is 102 Å². The molecular weight excluding hydrogens is 222 g/mol. The quantitative estimate of drug-likeness (QED) is 0.728. The fraction of sp³-hybridized carbons (Fsp3) is 1.00. The maximum absolute atomic E-state index is 9.20. The summed E-state index contributed by atoms with van der Waals surface area (Å²) in [5, 5.41) is 12.6. The molecule has 2 rings (SSSR count). The van der Waals surface area contributed by atoms with Crippen LogP contribution in [0.15, 0.2) is 0 Å². The number of ether oxygens (including phenoxy) is 3. The van der Waals surface area contributed by atoms with Crippen molar-refractivity contribution in [3.63, 3.8) is 0 Å². The summed E-state index contributed by atoms with van der Waals surface area (Å²) in [6.07, 6.45) is 3.94. The van der Waals surface area contributed by atoms with E-state index in [4.69, 9.17) is 14.2 Å². The largest absolute Gasteiger partial charge is 0.395 e. The van der Waals surface area contributed by atoms with Gasteiger partial charge in [-0.2, -0.15) is 0 Å². The van der Waals surface area contributed by atoms with Crippen molar-refractivity contribution in [2.45, 2.75) is 43.6 Å². The molecule has 2 fully saturated rings. The Bertz CT molecular complexity index is 221. The zero-order valence-electron chi connectivity index (χ0n) is 10.5.